The van der Waals surface area contributed by atoms with Crippen LogP contribution in [0.25, 0.3) is 6.08 Å². The van der Waals surface area contributed by atoms with Crippen molar-refractivity contribution < 1.29 is 14.3 Å². The Morgan fingerprint density at radius 2 is 1.61 bits per heavy atom. The lowest BCUT2D eigenvalue weighted by Gasteiger charge is -2.14. The molecule has 0 spiro atoms. The van der Waals surface area contributed by atoms with Gasteiger partial charge in [-0.05, 0) is 48.5 Å². The van der Waals surface area contributed by atoms with E-state index in [9.17, 15) is 9.59 Å². The summed E-state index contributed by atoms with van der Waals surface area (Å²) in [4.78, 5) is 25.3. The van der Waals surface area contributed by atoms with Gasteiger partial charge < -0.3 is 4.74 Å². The summed E-state index contributed by atoms with van der Waals surface area (Å²) >= 11 is 18.6. The summed E-state index contributed by atoms with van der Waals surface area (Å²) in [5.74, 6) is -0.572. The lowest BCUT2D eigenvalue weighted by molar-refractivity contribution is -0.117. The van der Waals surface area contributed by atoms with E-state index >= 15 is 0 Å². The van der Waals surface area contributed by atoms with Crippen molar-refractivity contribution in [3.8, 4) is 5.75 Å². The van der Waals surface area contributed by atoms with Gasteiger partial charge in [0.15, 0.2) is 0 Å². The zero-order chi connectivity index (χ0) is 22.0. The summed E-state index contributed by atoms with van der Waals surface area (Å²) in [5.41, 5.74) is 4.19. The van der Waals surface area contributed by atoms with Gasteiger partial charge in [0.05, 0.1) is 5.69 Å². The smallest absolute Gasteiger partial charge is 0.282 e. The molecule has 156 valence electrons. The molecule has 0 aromatic heterocycles. The van der Waals surface area contributed by atoms with Gasteiger partial charge in [0, 0.05) is 26.2 Å². The van der Waals surface area contributed by atoms with E-state index in [-0.39, 0.29) is 12.2 Å². The Kier molecular flexibility index (Phi) is 6.18. The zero-order valence-electron chi connectivity index (χ0n) is 15.9. The number of para-hydroxylation sites is 1. The molecule has 3 aromatic carbocycles. The monoisotopic (exact) mass is 472 g/mol. The molecule has 4 rings (SSSR count). The molecule has 2 amide bonds. The second kappa shape index (κ2) is 9.02. The molecule has 1 fully saturated rings. The number of halogens is 3. The van der Waals surface area contributed by atoms with E-state index in [1.165, 1.54) is 11.1 Å². The Balaban J connectivity index is 1.64. The van der Waals surface area contributed by atoms with Crippen LogP contribution in [0.5, 0.6) is 5.75 Å². The molecule has 8 heteroatoms. The van der Waals surface area contributed by atoms with E-state index in [2.05, 4.69) is 5.43 Å². The fourth-order valence-electron chi connectivity index (χ4n) is 3.06. The number of benzene rings is 3. The van der Waals surface area contributed by atoms with Crippen LogP contribution >= 0.6 is 34.8 Å². The van der Waals surface area contributed by atoms with Gasteiger partial charge in [-0.3, -0.25) is 15.0 Å². The minimum absolute atomic E-state index is 0.0354. The van der Waals surface area contributed by atoms with Gasteiger partial charge in [0.1, 0.15) is 17.9 Å². The van der Waals surface area contributed by atoms with Crippen molar-refractivity contribution >= 4 is 58.4 Å². The highest BCUT2D eigenvalue weighted by Gasteiger charge is 2.34. The SMILES string of the molecule is O=C1NN(c2ccccc2)C(=O)C1=Cc1cc(Cl)ccc1OCc1c(Cl)cccc1Cl. The molecule has 1 aliphatic heterocycles. The number of carbonyl (C=O) groups excluding carboxylic acids is 2. The molecule has 0 radical (unpaired) electrons. The highest BCUT2D eigenvalue weighted by atomic mass is 35.5. The van der Waals surface area contributed by atoms with Crippen LogP contribution in [0.1, 0.15) is 11.1 Å². The molecular formula is C23H15Cl3N2O3. The Labute approximate surface area is 193 Å². The molecule has 0 saturated carbocycles. The Hall–Kier alpha value is -2.99. The van der Waals surface area contributed by atoms with Gasteiger partial charge in [0.2, 0.25) is 0 Å². The average molecular weight is 474 g/mol. The number of carbonyl (C=O) groups is 2. The van der Waals surface area contributed by atoms with Gasteiger partial charge in [-0.15, -0.1) is 0 Å². The summed E-state index contributed by atoms with van der Waals surface area (Å²) in [6.07, 6.45) is 1.45. The van der Waals surface area contributed by atoms with Crippen LogP contribution in [0, 0.1) is 0 Å². The number of hydrogen-bond acceptors (Lipinski definition) is 3. The first-order chi connectivity index (χ1) is 14.9. The predicted octanol–water partition coefficient (Wildman–Crippen LogP) is 5.69. The fourth-order valence-corrected chi connectivity index (χ4v) is 3.74. The third-order valence-corrected chi connectivity index (χ3v) is 5.55. The molecule has 5 nitrogen and oxygen atoms in total. The molecule has 1 heterocycles. The molecule has 1 N–H and O–H groups in total. The minimum atomic E-state index is -0.520. The predicted molar refractivity (Wildman–Crippen MR) is 122 cm³/mol. The molecule has 3 aromatic rings. The highest BCUT2D eigenvalue weighted by Crippen LogP contribution is 2.30. The quantitative estimate of drug-likeness (QED) is 0.383. The molecule has 0 bridgehead atoms. The molecule has 0 aliphatic carbocycles. The van der Waals surface area contributed by atoms with Gasteiger partial charge >= 0.3 is 0 Å². The Morgan fingerprint density at radius 3 is 2.32 bits per heavy atom. The zero-order valence-corrected chi connectivity index (χ0v) is 18.2. The average Bonchev–Trinajstić information content (AvgIpc) is 3.03. The van der Waals surface area contributed by atoms with Crippen molar-refractivity contribution in [2.24, 2.45) is 0 Å². The minimum Gasteiger partial charge on any atom is -0.488 e. The normalized spacial score (nSPS) is 14.8. The third kappa shape index (κ3) is 4.54. The standard InChI is InChI=1S/C23H15Cl3N2O3/c24-15-9-10-21(31-13-18-19(25)7-4-8-20(18)26)14(11-15)12-17-22(29)27-28(23(17)30)16-5-2-1-3-6-16/h1-12H,13H2,(H,27,29). The number of hydrazine groups is 1. The first-order valence-electron chi connectivity index (χ1n) is 9.21. The number of hydrogen-bond donors (Lipinski definition) is 1. The van der Waals surface area contributed by atoms with Gasteiger partial charge in [-0.25, -0.2) is 5.01 Å². The molecule has 0 unspecified atom stereocenters. The van der Waals surface area contributed by atoms with Crippen molar-refractivity contribution in [3.63, 3.8) is 0 Å². The van der Waals surface area contributed by atoms with Gasteiger partial charge in [-0.1, -0.05) is 59.1 Å². The topological polar surface area (TPSA) is 58.6 Å². The van der Waals surface area contributed by atoms with E-state index in [1.54, 1.807) is 60.7 Å². The van der Waals surface area contributed by atoms with Crippen molar-refractivity contribution in [1.82, 2.24) is 5.43 Å². The second-order valence-corrected chi connectivity index (χ2v) is 7.90. The maximum Gasteiger partial charge on any atom is 0.282 e. The second-order valence-electron chi connectivity index (χ2n) is 6.65. The maximum atomic E-state index is 12.9. The van der Waals surface area contributed by atoms with Crippen molar-refractivity contribution in [2.75, 3.05) is 5.01 Å². The first kappa shape index (κ1) is 21.2. The maximum absolute atomic E-state index is 12.9. The van der Waals surface area contributed by atoms with Crippen LogP contribution in [-0.2, 0) is 16.2 Å². The number of amides is 2. The van der Waals surface area contributed by atoms with Crippen LogP contribution in [-0.4, -0.2) is 11.8 Å². The van der Waals surface area contributed by atoms with E-state index in [4.69, 9.17) is 39.5 Å². The van der Waals surface area contributed by atoms with E-state index in [0.29, 0.717) is 37.6 Å². The van der Waals surface area contributed by atoms with Gasteiger partial charge in [-0.2, -0.15) is 0 Å². The third-order valence-electron chi connectivity index (χ3n) is 4.61. The molecular weight excluding hydrogens is 459 g/mol. The number of nitrogens with zero attached hydrogens (tertiary/aromatic N) is 1. The van der Waals surface area contributed by atoms with Crippen molar-refractivity contribution in [2.45, 2.75) is 6.61 Å². The van der Waals surface area contributed by atoms with Gasteiger partial charge in [0.25, 0.3) is 11.8 Å². The summed E-state index contributed by atoms with van der Waals surface area (Å²) in [6.45, 7) is 0.104. The van der Waals surface area contributed by atoms with Crippen LogP contribution in [0.3, 0.4) is 0 Å². The lowest BCUT2D eigenvalue weighted by Crippen LogP contribution is -2.35. The Bertz CT molecular complexity index is 1180. The molecule has 1 aliphatic rings. The van der Waals surface area contributed by atoms with Crippen molar-refractivity contribution in [3.05, 3.63) is 98.5 Å². The fraction of sp³-hybridized carbons (Fsp3) is 0.0435. The number of nitrogens with one attached hydrogen (secondary N) is 1. The van der Waals surface area contributed by atoms with E-state index in [0.717, 1.165) is 0 Å². The van der Waals surface area contributed by atoms with Crippen LogP contribution in [0.4, 0.5) is 5.69 Å². The molecule has 0 atom stereocenters. The molecule has 1 saturated heterocycles. The van der Waals surface area contributed by atoms with Crippen molar-refractivity contribution in [1.29, 1.82) is 0 Å². The summed E-state index contributed by atoms with van der Waals surface area (Å²) in [5, 5.41) is 2.58. The number of ether oxygens (including phenoxy) is 1. The summed E-state index contributed by atoms with van der Waals surface area (Å²) in [7, 11) is 0. The number of anilines is 1. The first-order valence-corrected chi connectivity index (χ1v) is 10.3. The largest absolute Gasteiger partial charge is 0.488 e. The lowest BCUT2D eigenvalue weighted by atomic mass is 10.1. The highest BCUT2D eigenvalue weighted by molar-refractivity contribution is 6.36. The molecule has 31 heavy (non-hydrogen) atoms. The van der Waals surface area contributed by atoms with Crippen LogP contribution in [0.2, 0.25) is 15.1 Å². The Morgan fingerprint density at radius 1 is 0.903 bits per heavy atom. The summed E-state index contributed by atoms with van der Waals surface area (Å²) < 4.78 is 5.90. The van der Waals surface area contributed by atoms with Crippen LogP contribution < -0.4 is 15.2 Å². The van der Waals surface area contributed by atoms with E-state index < -0.39 is 11.8 Å². The number of rotatable bonds is 5. The van der Waals surface area contributed by atoms with E-state index in [1.807, 2.05) is 6.07 Å². The van der Waals surface area contributed by atoms with Crippen LogP contribution in [0.15, 0.2) is 72.3 Å². The summed E-state index contributed by atoms with van der Waals surface area (Å²) in [6, 6.07) is 18.9.